The molecule has 0 aliphatic carbocycles. The van der Waals surface area contributed by atoms with Crippen LogP contribution in [0, 0.1) is 10.1 Å². The van der Waals surface area contributed by atoms with Gasteiger partial charge in [-0.1, -0.05) is 23.2 Å². The maximum atomic E-state index is 12.5. The van der Waals surface area contributed by atoms with E-state index in [-0.39, 0.29) is 32.1 Å². The summed E-state index contributed by atoms with van der Waals surface area (Å²) in [6.45, 7) is 0. The molecule has 2 rings (SSSR count). The van der Waals surface area contributed by atoms with Crippen molar-refractivity contribution in [2.24, 2.45) is 0 Å². The molecule has 2 aromatic rings. The zero-order valence-corrected chi connectivity index (χ0v) is 15.9. The highest BCUT2D eigenvalue weighted by Crippen LogP contribution is 2.30. The van der Waals surface area contributed by atoms with Crippen LogP contribution in [0.2, 0.25) is 10.0 Å². The summed E-state index contributed by atoms with van der Waals surface area (Å²) in [7, 11) is -1.10. The summed E-state index contributed by atoms with van der Waals surface area (Å²) in [5.41, 5.74) is -0.353. The SMILES string of the molecule is CN(C)C(=O)c1ccc(Cl)c(NS(=O)(=O)c2ccc(Cl)c([N+](=O)[O-])c2)c1. The predicted molar refractivity (Wildman–Crippen MR) is 98.4 cm³/mol. The van der Waals surface area contributed by atoms with E-state index in [0.717, 1.165) is 18.2 Å². The lowest BCUT2D eigenvalue weighted by Crippen LogP contribution is -2.22. The molecule has 11 heteroatoms. The van der Waals surface area contributed by atoms with Crippen molar-refractivity contribution in [1.82, 2.24) is 4.90 Å². The molecule has 26 heavy (non-hydrogen) atoms. The zero-order chi connectivity index (χ0) is 19.6. The molecule has 8 nitrogen and oxygen atoms in total. The highest BCUT2D eigenvalue weighted by molar-refractivity contribution is 7.92. The van der Waals surface area contributed by atoms with Crippen molar-refractivity contribution in [3.05, 3.63) is 62.1 Å². The summed E-state index contributed by atoms with van der Waals surface area (Å²) in [5, 5.41) is 10.8. The average molecular weight is 418 g/mol. The molecular formula is C15H13Cl2N3O5S. The maximum Gasteiger partial charge on any atom is 0.289 e. The number of carbonyl (C=O) groups is 1. The van der Waals surface area contributed by atoms with Gasteiger partial charge in [-0.3, -0.25) is 19.6 Å². The molecule has 0 radical (unpaired) electrons. The van der Waals surface area contributed by atoms with Crippen LogP contribution in [0.5, 0.6) is 0 Å². The molecule has 1 N–H and O–H groups in total. The second-order valence-corrected chi connectivity index (χ2v) is 7.87. The Morgan fingerprint density at radius 2 is 1.73 bits per heavy atom. The Morgan fingerprint density at radius 1 is 1.12 bits per heavy atom. The Labute approximate surface area is 159 Å². The molecule has 0 fully saturated rings. The van der Waals surface area contributed by atoms with Gasteiger partial charge >= 0.3 is 0 Å². The Bertz CT molecular complexity index is 993. The largest absolute Gasteiger partial charge is 0.345 e. The van der Waals surface area contributed by atoms with Gasteiger partial charge in [-0.15, -0.1) is 0 Å². The van der Waals surface area contributed by atoms with Gasteiger partial charge in [-0.05, 0) is 30.3 Å². The van der Waals surface area contributed by atoms with E-state index in [0.29, 0.717) is 0 Å². The molecule has 0 aliphatic rings. The highest BCUT2D eigenvalue weighted by atomic mass is 35.5. The molecule has 0 spiro atoms. The van der Waals surface area contributed by atoms with Crippen LogP contribution in [0.15, 0.2) is 41.3 Å². The summed E-state index contributed by atoms with van der Waals surface area (Å²) in [6.07, 6.45) is 0. The molecule has 0 aromatic heterocycles. The van der Waals surface area contributed by atoms with Gasteiger partial charge in [0.1, 0.15) is 5.02 Å². The van der Waals surface area contributed by atoms with Crippen molar-refractivity contribution < 1.29 is 18.1 Å². The molecule has 0 atom stereocenters. The van der Waals surface area contributed by atoms with Crippen molar-refractivity contribution in [2.45, 2.75) is 4.90 Å². The molecule has 2 aromatic carbocycles. The van der Waals surface area contributed by atoms with Gasteiger partial charge in [-0.25, -0.2) is 8.42 Å². The lowest BCUT2D eigenvalue weighted by molar-refractivity contribution is -0.384. The summed E-state index contributed by atoms with van der Waals surface area (Å²) in [4.78, 5) is 23.1. The monoisotopic (exact) mass is 417 g/mol. The molecule has 0 bridgehead atoms. The van der Waals surface area contributed by atoms with E-state index in [4.69, 9.17) is 23.2 Å². The Morgan fingerprint density at radius 3 is 2.31 bits per heavy atom. The number of hydrogen-bond acceptors (Lipinski definition) is 5. The smallest absolute Gasteiger partial charge is 0.289 e. The molecule has 0 saturated heterocycles. The van der Waals surface area contributed by atoms with Crippen molar-refractivity contribution in [2.75, 3.05) is 18.8 Å². The number of rotatable bonds is 5. The van der Waals surface area contributed by atoms with Crippen LogP contribution >= 0.6 is 23.2 Å². The molecule has 0 heterocycles. The average Bonchev–Trinajstić information content (AvgIpc) is 2.55. The number of hydrogen-bond donors (Lipinski definition) is 1. The van der Waals surface area contributed by atoms with E-state index in [1.54, 1.807) is 14.1 Å². The van der Waals surface area contributed by atoms with Gasteiger partial charge in [0.15, 0.2) is 0 Å². The number of nitro benzene ring substituents is 1. The third kappa shape index (κ3) is 4.24. The number of benzene rings is 2. The number of halogens is 2. The third-order valence-corrected chi connectivity index (χ3v) is 5.30. The standard InChI is InChI=1S/C15H13Cl2N3O5S/c1-19(2)15(21)9-3-5-11(16)13(7-9)18-26(24,25)10-4-6-12(17)14(8-10)20(22)23/h3-8,18H,1-2H3. The quantitative estimate of drug-likeness (QED) is 0.591. The summed E-state index contributed by atoms with van der Waals surface area (Å²) in [6, 6.07) is 7.19. The Kier molecular flexibility index (Phi) is 5.74. The van der Waals surface area contributed by atoms with Crippen LogP contribution in [0.1, 0.15) is 10.4 Å². The van der Waals surface area contributed by atoms with Crippen molar-refractivity contribution in [1.29, 1.82) is 0 Å². The van der Waals surface area contributed by atoms with E-state index < -0.39 is 20.6 Å². The minimum atomic E-state index is -4.19. The molecule has 1 amide bonds. The fourth-order valence-electron chi connectivity index (χ4n) is 2.00. The number of nitrogens with zero attached hydrogens (tertiary/aromatic N) is 2. The molecule has 138 valence electrons. The topological polar surface area (TPSA) is 110 Å². The number of carbonyl (C=O) groups excluding carboxylic acids is 1. The normalized spacial score (nSPS) is 11.1. The first-order valence-electron chi connectivity index (χ1n) is 7.01. The van der Waals surface area contributed by atoms with Crippen LogP contribution < -0.4 is 4.72 Å². The van der Waals surface area contributed by atoms with Crippen LogP contribution in [0.25, 0.3) is 0 Å². The van der Waals surface area contributed by atoms with Gasteiger partial charge in [-0.2, -0.15) is 0 Å². The number of nitro groups is 1. The van der Waals surface area contributed by atoms with Crippen LogP contribution in [0.3, 0.4) is 0 Å². The lowest BCUT2D eigenvalue weighted by atomic mass is 10.2. The summed E-state index contributed by atoms with van der Waals surface area (Å²) >= 11 is 11.7. The number of sulfonamides is 1. The second kappa shape index (κ2) is 7.48. The van der Waals surface area contributed by atoms with Gasteiger partial charge in [0.05, 0.1) is 20.5 Å². The fraction of sp³-hybridized carbons (Fsp3) is 0.133. The van der Waals surface area contributed by atoms with Crippen molar-refractivity contribution in [3.63, 3.8) is 0 Å². The summed E-state index contributed by atoms with van der Waals surface area (Å²) < 4.78 is 27.3. The van der Waals surface area contributed by atoms with E-state index in [9.17, 15) is 23.3 Å². The minimum absolute atomic E-state index is 0.0306. The van der Waals surface area contributed by atoms with Gasteiger partial charge in [0, 0.05) is 25.7 Å². The van der Waals surface area contributed by atoms with E-state index in [1.807, 2.05) is 0 Å². The zero-order valence-electron chi connectivity index (χ0n) is 13.6. The van der Waals surface area contributed by atoms with E-state index >= 15 is 0 Å². The lowest BCUT2D eigenvalue weighted by Gasteiger charge is -2.14. The maximum absolute atomic E-state index is 12.5. The van der Waals surface area contributed by atoms with Crippen molar-refractivity contribution in [3.8, 4) is 0 Å². The van der Waals surface area contributed by atoms with Crippen molar-refractivity contribution >= 4 is 50.5 Å². The number of anilines is 1. The van der Waals surface area contributed by atoms with Crippen LogP contribution in [0.4, 0.5) is 11.4 Å². The Balaban J connectivity index is 2.44. The second-order valence-electron chi connectivity index (χ2n) is 5.37. The summed E-state index contributed by atoms with van der Waals surface area (Å²) in [5.74, 6) is -0.343. The molecule has 0 unspecified atom stereocenters. The minimum Gasteiger partial charge on any atom is -0.345 e. The Hall–Kier alpha value is -2.36. The number of amides is 1. The third-order valence-electron chi connectivity index (χ3n) is 3.29. The molecule has 0 saturated carbocycles. The molecular weight excluding hydrogens is 405 g/mol. The number of nitrogens with one attached hydrogen (secondary N) is 1. The fourth-order valence-corrected chi connectivity index (χ4v) is 3.50. The van der Waals surface area contributed by atoms with Gasteiger partial charge < -0.3 is 4.90 Å². The van der Waals surface area contributed by atoms with Crippen LogP contribution in [-0.4, -0.2) is 38.2 Å². The predicted octanol–water partition coefficient (Wildman–Crippen LogP) is 3.40. The van der Waals surface area contributed by atoms with E-state index in [1.165, 1.54) is 23.1 Å². The highest BCUT2D eigenvalue weighted by Gasteiger charge is 2.22. The van der Waals surface area contributed by atoms with E-state index in [2.05, 4.69) is 4.72 Å². The van der Waals surface area contributed by atoms with Gasteiger partial charge in [0.2, 0.25) is 0 Å². The molecule has 0 aliphatic heterocycles. The first-order chi connectivity index (χ1) is 12.0. The first-order valence-corrected chi connectivity index (χ1v) is 9.25. The first kappa shape index (κ1) is 20.0. The van der Waals surface area contributed by atoms with Gasteiger partial charge in [0.25, 0.3) is 21.6 Å². The van der Waals surface area contributed by atoms with Crippen LogP contribution in [-0.2, 0) is 10.0 Å².